The summed E-state index contributed by atoms with van der Waals surface area (Å²) >= 11 is 0. The highest BCUT2D eigenvalue weighted by Crippen LogP contribution is 2.50. The molecule has 0 unspecified atom stereocenters. The molecule has 3 aliphatic rings. The number of hydrogen-bond donors (Lipinski definition) is 0. The van der Waals surface area contributed by atoms with Gasteiger partial charge in [-0.3, -0.25) is 14.5 Å². The summed E-state index contributed by atoms with van der Waals surface area (Å²) in [5, 5.41) is 0. The summed E-state index contributed by atoms with van der Waals surface area (Å²) in [4.78, 5) is 26.0. The fourth-order valence-electron chi connectivity index (χ4n) is 5.60. The number of ketones is 1. The van der Waals surface area contributed by atoms with Gasteiger partial charge >= 0.3 is 17.1 Å². The van der Waals surface area contributed by atoms with Gasteiger partial charge in [-0.2, -0.15) is 0 Å². The van der Waals surface area contributed by atoms with Crippen molar-refractivity contribution < 1.29 is 31.7 Å². The first-order valence-electron chi connectivity index (χ1n) is 13.8. The normalized spacial score (nSPS) is 31.5. The van der Waals surface area contributed by atoms with Crippen molar-refractivity contribution in [1.29, 1.82) is 0 Å². The average molecular weight is 584 g/mol. The molecule has 0 bridgehead atoms. The van der Waals surface area contributed by atoms with Crippen molar-refractivity contribution in [2.45, 2.75) is 128 Å². The Hall–Kier alpha value is -1.14. The molecule has 0 saturated carbocycles. The van der Waals surface area contributed by atoms with E-state index in [1.807, 2.05) is 19.6 Å². The van der Waals surface area contributed by atoms with Gasteiger partial charge in [0.25, 0.3) is 0 Å². The summed E-state index contributed by atoms with van der Waals surface area (Å²) in [6, 6.07) is 0. The van der Waals surface area contributed by atoms with Crippen LogP contribution in [-0.2, 0) is 27.3 Å². The number of alkyl halides is 1. The fourth-order valence-corrected chi connectivity index (χ4v) is 17.4. The highest BCUT2D eigenvalue weighted by molar-refractivity contribution is 6.84. The zero-order valence-corrected chi connectivity index (χ0v) is 27.9. The molecule has 0 radical (unpaired) electrons. The summed E-state index contributed by atoms with van der Waals surface area (Å²) in [7, 11) is -8.03. The number of amides is 1. The predicted molar refractivity (Wildman–Crippen MR) is 153 cm³/mol. The van der Waals surface area contributed by atoms with Gasteiger partial charge in [0.05, 0.1) is 13.0 Å². The van der Waals surface area contributed by atoms with Gasteiger partial charge in [-0.15, -0.1) is 5.54 Å². The summed E-state index contributed by atoms with van der Waals surface area (Å²) in [5.74, 6) is 2.07. The van der Waals surface area contributed by atoms with Gasteiger partial charge in [-0.1, -0.05) is 81.0 Å². The van der Waals surface area contributed by atoms with E-state index >= 15 is 4.39 Å². The lowest BCUT2D eigenvalue weighted by atomic mass is 9.96. The minimum absolute atomic E-state index is 0.00314. The minimum Gasteiger partial charge on any atom is -0.414 e. The molecule has 0 aromatic heterocycles. The molecule has 4 atom stereocenters. The highest BCUT2D eigenvalue weighted by Gasteiger charge is 2.67. The highest BCUT2D eigenvalue weighted by atomic mass is 28.5. The van der Waals surface area contributed by atoms with Crippen LogP contribution in [0.1, 0.15) is 61.8 Å². The number of ether oxygens (including phenoxy) is 1. The maximum atomic E-state index is 17.6. The molecular weight excluding hydrogens is 538 g/mol. The number of halogens is 1. The Bertz CT molecular complexity index is 999. The molecule has 0 N–H and O–H groups in total. The van der Waals surface area contributed by atoms with Gasteiger partial charge in [-0.25, -0.2) is 4.39 Å². The standard InChI is InChI=1S/C27H46FNO6Si3/c1-18(2)37(19(3)4)32-17-23-25(34-38(35-37,20(5)6)21(7)8)27(28,13-15-36(9,10)11)26(33-23)29-14-12-22(30)16-24(29)31/h12,14,18-21,23,25-26H,16-17H2,1-11H3/t23-,25-,26-,27+/m1/s1. The van der Waals surface area contributed by atoms with Crippen LogP contribution in [0.3, 0.4) is 0 Å². The van der Waals surface area contributed by atoms with Crippen molar-refractivity contribution in [3.63, 3.8) is 0 Å². The number of carbonyl (C=O) groups is 2. The minimum atomic E-state index is -3.15. The molecule has 0 aromatic carbocycles. The van der Waals surface area contributed by atoms with Gasteiger partial charge in [0.1, 0.15) is 20.3 Å². The quantitative estimate of drug-likeness (QED) is 0.239. The molecule has 3 heterocycles. The monoisotopic (exact) mass is 583 g/mol. The Kier molecular flexibility index (Phi) is 9.11. The predicted octanol–water partition coefficient (Wildman–Crippen LogP) is 5.57. The molecule has 2 fully saturated rings. The summed E-state index contributed by atoms with van der Waals surface area (Å²) < 4.78 is 44.9. The lowest BCUT2D eigenvalue weighted by Gasteiger charge is -2.51. The van der Waals surface area contributed by atoms with Crippen LogP contribution in [0, 0.1) is 11.5 Å². The summed E-state index contributed by atoms with van der Waals surface area (Å²) in [5.41, 5.74) is 1.09. The SMILES string of the molecule is CC(C)[Si]1(C(C)C)OC[C@H]2O[C@@H](N3C=CC(=O)CC3=O)[C@](F)(C#C[Si](C)(C)C)[C@@H]2O[Si](C(C)C)(C(C)C)O1. The Labute approximate surface area is 231 Å². The maximum absolute atomic E-state index is 17.6. The first-order valence-corrected chi connectivity index (χ1v) is 21.3. The van der Waals surface area contributed by atoms with Crippen LogP contribution in [0.2, 0.25) is 41.8 Å². The molecule has 11 heteroatoms. The summed E-state index contributed by atoms with van der Waals surface area (Å²) in [6.07, 6.45) is -1.00. The van der Waals surface area contributed by atoms with Crippen LogP contribution in [0.4, 0.5) is 4.39 Å². The van der Waals surface area contributed by atoms with Gasteiger partial charge < -0.3 is 17.7 Å². The van der Waals surface area contributed by atoms with E-state index in [2.05, 4.69) is 66.9 Å². The molecule has 3 rings (SSSR count). The van der Waals surface area contributed by atoms with Crippen LogP contribution in [-0.4, -0.2) is 72.5 Å². The average Bonchev–Trinajstić information content (AvgIpc) is 3.02. The number of nitrogens with zero attached hydrogens (tertiary/aromatic N) is 1. The Balaban J connectivity index is 2.23. The van der Waals surface area contributed by atoms with Crippen LogP contribution in [0.15, 0.2) is 12.3 Å². The van der Waals surface area contributed by atoms with E-state index in [0.29, 0.717) is 0 Å². The molecular formula is C27H46FNO6Si3. The maximum Gasteiger partial charge on any atom is 0.335 e. The van der Waals surface area contributed by atoms with E-state index < -0.39 is 55.2 Å². The topological polar surface area (TPSA) is 74.3 Å². The van der Waals surface area contributed by atoms with Crippen molar-refractivity contribution in [3.8, 4) is 11.5 Å². The lowest BCUT2D eigenvalue weighted by molar-refractivity contribution is -0.148. The largest absolute Gasteiger partial charge is 0.414 e. The first kappa shape index (κ1) is 31.4. The molecule has 0 aliphatic carbocycles. The van der Waals surface area contributed by atoms with E-state index in [9.17, 15) is 9.59 Å². The number of carbonyl (C=O) groups excluding carboxylic acids is 2. The second-order valence-corrected chi connectivity index (χ2v) is 26.7. The molecule has 0 spiro atoms. The van der Waals surface area contributed by atoms with Crippen LogP contribution in [0.25, 0.3) is 0 Å². The Morgan fingerprint density at radius 1 is 1.00 bits per heavy atom. The summed E-state index contributed by atoms with van der Waals surface area (Å²) in [6.45, 7) is 23.0. The number of hydrogen-bond acceptors (Lipinski definition) is 6. The molecule has 214 valence electrons. The molecule has 1 amide bonds. The third-order valence-corrected chi connectivity index (χ3v) is 18.8. The van der Waals surface area contributed by atoms with E-state index in [1.54, 1.807) is 0 Å². The fraction of sp³-hybridized carbons (Fsp3) is 0.778. The van der Waals surface area contributed by atoms with E-state index in [4.69, 9.17) is 17.7 Å². The smallest absolute Gasteiger partial charge is 0.335 e. The molecule has 38 heavy (non-hydrogen) atoms. The first-order chi connectivity index (χ1) is 17.4. The van der Waals surface area contributed by atoms with Crippen LogP contribution < -0.4 is 0 Å². The Morgan fingerprint density at radius 3 is 2.03 bits per heavy atom. The third-order valence-electron chi connectivity index (χ3n) is 7.65. The van der Waals surface area contributed by atoms with Crippen LogP contribution in [0.5, 0.6) is 0 Å². The van der Waals surface area contributed by atoms with Crippen molar-refractivity contribution in [3.05, 3.63) is 12.3 Å². The molecule has 7 nitrogen and oxygen atoms in total. The van der Waals surface area contributed by atoms with Gasteiger partial charge in [0.15, 0.2) is 12.0 Å². The van der Waals surface area contributed by atoms with Crippen molar-refractivity contribution in [2.75, 3.05) is 6.61 Å². The Morgan fingerprint density at radius 2 is 1.55 bits per heavy atom. The second kappa shape index (κ2) is 11.0. The second-order valence-electron chi connectivity index (χ2n) is 13.1. The van der Waals surface area contributed by atoms with Crippen molar-refractivity contribution in [1.82, 2.24) is 4.90 Å². The van der Waals surface area contributed by atoms with Gasteiger partial charge in [0, 0.05) is 6.20 Å². The molecule has 2 saturated heterocycles. The van der Waals surface area contributed by atoms with Crippen molar-refractivity contribution >= 4 is 36.9 Å². The number of rotatable bonds is 5. The molecule has 3 aliphatic heterocycles. The molecule has 0 aromatic rings. The third kappa shape index (κ3) is 5.68. The zero-order valence-electron chi connectivity index (χ0n) is 24.9. The van der Waals surface area contributed by atoms with Gasteiger partial charge in [0.2, 0.25) is 11.6 Å². The number of allylic oxidation sites excluding steroid dienone is 1. The zero-order chi connectivity index (χ0) is 28.8. The van der Waals surface area contributed by atoms with E-state index in [1.165, 1.54) is 17.2 Å². The van der Waals surface area contributed by atoms with Crippen LogP contribution >= 0.6 is 0 Å². The van der Waals surface area contributed by atoms with E-state index in [-0.39, 0.29) is 41.0 Å². The number of fused-ring (bicyclic) bond motifs is 1. The van der Waals surface area contributed by atoms with Gasteiger partial charge in [-0.05, 0) is 28.2 Å². The van der Waals surface area contributed by atoms with Crippen molar-refractivity contribution in [2.24, 2.45) is 0 Å². The lowest BCUT2D eigenvalue weighted by Crippen LogP contribution is -2.67. The van der Waals surface area contributed by atoms with E-state index in [0.717, 1.165) is 0 Å².